The third-order valence-electron chi connectivity index (χ3n) is 2.46. The molecule has 0 aliphatic rings. The fourth-order valence-corrected chi connectivity index (χ4v) is 1.90. The number of hydrogen-bond donors (Lipinski definition) is 1. The van der Waals surface area contributed by atoms with Crippen molar-refractivity contribution in [3.63, 3.8) is 0 Å². The molecule has 140 valence electrons. The van der Waals surface area contributed by atoms with E-state index in [-0.39, 0.29) is 0 Å². The summed E-state index contributed by atoms with van der Waals surface area (Å²) in [6.07, 6.45) is -3.27. The van der Waals surface area contributed by atoms with E-state index >= 15 is 0 Å². The number of halogens is 3. The van der Waals surface area contributed by atoms with Gasteiger partial charge in [-0.1, -0.05) is 6.07 Å². The molecule has 0 bridgehead atoms. The smallest absolute Gasteiger partial charge is 0.433 e. The molecule has 1 N–H and O–H groups in total. The Hall–Kier alpha value is -3.15. The molecule has 2 aromatic heterocycles. The van der Waals surface area contributed by atoms with Gasteiger partial charge < -0.3 is 14.3 Å². The van der Waals surface area contributed by atoms with E-state index in [0.29, 0.717) is 4.88 Å². The van der Waals surface area contributed by atoms with Crippen molar-refractivity contribution in [1.29, 1.82) is 0 Å². The van der Waals surface area contributed by atoms with Crippen LogP contribution in [-0.4, -0.2) is 28.6 Å². The summed E-state index contributed by atoms with van der Waals surface area (Å²) >= 11 is 1.23. The average molecular weight is 393 g/mol. The fourth-order valence-electron chi connectivity index (χ4n) is 1.33. The van der Waals surface area contributed by atoms with Gasteiger partial charge in [-0.15, -0.1) is 11.3 Å². The first kappa shape index (κ1) is 20.9. The lowest BCUT2D eigenvalue weighted by Crippen LogP contribution is -2.05. The Labute approximate surface area is 147 Å². The van der Waals surface area contributed by atoms with Crippen molar-refractivity contribution < 1.29 is 41.9 Å². The third-order valence-corrected chi connectivity index (χ3v) is 3.32. The minimum atomic E-state index is -2.49. The summed E-state index contributed by atoms with van der Waals surface area (Å²) in [4.78, 5) is 31.0. The molecule has 0 saturated carbocycles. The number of aromatic carboxylic acids is 1. The molecule has 0 unspecified atom stereocenters. The second kappa shape index (κ2) is 9.98. The van der Waals surface area contributed by atoms with Gasteiger partial charge in [0.05, 0.1) is 12.7 Å². The highest BCUT2D eigenvalue weighted by molar-refractivity contribution is 7.11. The number of ether oxygens (including phenoxy) is 1. The molecule has 2 aromatic rings. The largest absolute Gasteiger partial charge is 0.477 e. The number of rotatable bonds is 6. The number of carbonyl (C=O) groups is 2. The summed E-state index contributed by atoms with van der Waals surface area (Å²) in [5.74, 6) is -4.77. The normalized spacial score (nSPS) is 9.65. The number of thiophene rings is 1. The Kier molecular flexibility index (Phi) is 8.02. The molecule has 0 amide bonds. The molecule has 2 heterocycles. The second-order valence-electron chi connectivity index (χ2n) is 4.23. The van der Waals surface area contributed by atoms with Gasteiger partial charge in [-0.25, -0.2) is 14.0 Å². The van der Waals surface area contributed by atoms with Crippen LogP contribution in [-0.2, 0) is 4.74 Å². The predicted molar refractivity (Wildman–Crippen MR) is 81.9 cm³/mol. The summed E-state index contributed by atoms with van der Waals surface area (Å²) < 4.78 is 44.5. The van der Waals surface area contributed by atoms with E-state index in [1.807, 2.05) is 0 Å². The van der Waals surface area contributed by atoms with E-state index in [9.17, 15) is 32.9 Å². The van der Waals surface area contributed by atoms with Gasteiger partial charge in [-0.2, -0.15) is 8.78 Å². The molecule has 0 aliphatic carbocycles. The molecule has 12 heteroatoms. The van der Waals surface area contributed by atoms with E-state index in [1.165, 1.54) is 11.3 Å². The van der Waals surface area contributed by atoms with Crippen LogP contribution in [0.2, 0.25) is 0 Å². The van der Waals surface area contributed by atoms with Crippen molar-refractivity contribution in [1.82, 2.24) is 0 Å². The Bertz CT molecular complexity index is 797. The minimum absolute atomic E-state index is 0.394. The van der Waals surface area contributed by atoms with E-state index in [1.54, 1.807) is 17.5 Å². The van der Waals surface area contributed by atoms with Crippen molar-refractivity contribution in [2.75, 3.05) is 6.61 Å². The monoisotopic (exact) mass is 393 g/mol. The Balaban J connectivity index is 0.000000350. The van der Waals surface area contributed by atoms with Crippen molar-refractivity contribution in [3.05, 3.63) is 62.3 Å². The third kappa shape index (κ3) is 6.76. The number of hydrogen-bond acceptors (Lipinski definition) is 7. The second-order valence-corrected chi connectivity index (χ2v) is 5.18. The molecular formula is C14H10F3NO7S. The molecule has 2 rings (SSSR count). The Morgan fingerprint density at radius 1 is 1.27 bits per heavy atom. The molecule has 26 heavy (non-hydrogen) atoms. The van der Waals surface area contributed by atoms with Crippen LogP contribution in [0.4, 0.5) is 19.1 Å². The van der Waals surface area contributed by atoms with Gasteiger partial charge in [-0.3, -0.25) is 10.1 Å². The van der Waals surface area contributed by atoms with Crippen LogP contribution in [0.25, 0.3) is 0 Å². The number of carboxylic acids is 1. The Morgan fingerprint density at radius 3 is 2.38 bits per heavy atom. The minimum Gasteiger partial charge on any atom is -0.477 e. The van der Waals surface area contributed by atoms with Gasteiger partial charge in [-0.05, 0) is 17.5 Å². The number of esters is 1. The van der Waals surface area contributed by atoms with E-state index < -0.39 is 53.4 Å². The maximum Gasteiger partial charge on any atom is 0.433 e. The first-order valence-corrected chi connectivity index (χ1v) is 7.48. The van der Waals surface area contributed by atoms with Crippen LogP contribution in [0, 0.1) is 10.1 Å². The van der Waals surface area contributed by atoms with Gasteiger partial charge >= 0.3 is 23.9 Å². The van der Waals surface area contributed by atoms with Crippen LogP contribution in [0.3, 0.4) is 0 Å². The van der Waals surface area contributed by atoms with Crippen molar-refractivity contribution in [2.45, 2.75) is 6.42 Å². The van der Waals surface area contributed by atoms with E-state index in [0.717, 1.165) is 12.1 Å². The van der Waals surface area contributed by atoms with Gasteiger partial charge in [0.1, 0.15) is 9.80 Å². The van der Waals surface area contributed by atoms with Gasteiger partial charge in [0, 0.05) is 6.42 Å². The zero-order valence-electron chi connectivity index (χ0n) is 12.7. The first-order valence-electron chi connectivity index (χ1n) is 6.60. The summed E-state index contributed by atoms with van der Waals surface area (Å²) in [5, 5.41) is 20.3. The molecular weight excluding hydrogens is 383 g/mol. The highest BCUT2D eigenvalue weighted by atomic mass is 32.1. The quantitative estimate of drug-likeness (QED) is 0.442. The molecule has 0 saturated heterocycles. The molecule has 0 aromatic carbocycles. The lowest BCUT2D eigenvalue weighted by atomic mass is 10.4. The molecule has 0 radical (unpaired) electrons. The number of nitro groups is 1. The van der Waals surface area contributed by atoms with Crippen molar-refractivity contribution in [3.8, 4) is 0 Å². The van der Waals surface area contributed by atoms with Crippen LogP contribution < -0.4 is 0 Å². The van der Waals surface area contributed by atoms with Crippen LogP contribution in [0.15, 0.2) is 46.0 Å². The number of nitrogens with zero attached hydrogens (tertiary/aromatic N) is 1. The van der Waals surface area contributed by atoms with Gasteiger partial charge in [0.25, 0.3) is 0 Å². The van der Waals surface area contributed by atoms with Crippen LogP contribution in [0.1, 0.15) is 26.6 Å². The van der Waals surface area contributed by atoms with Gasteiger partial charge in [0.2, 0.25) is 5.76 Å². The number of carboxylic acid groups (broad SMARTS) is 1. The lowest BCUT2D eigenvalue weighted by molar-refractivity contribution is -0.402. The molecule has 8 nitrogen and oxygen atoms in total. The summed E-state index contributed by atoms with van der Waals surface area (Å²) in [6.45, 7) is -0.628. The van der Waals surface area contributed by atoms with Crippen molar-refractivity contribution in [2.24, 2.45) is 0 Å². The molecule has 0 fully saturated rings. The highest BCUT2D eigenvalue weighted by Gasteiger charge is 2.18. The van der Waals surface area contributed by atoms with Crippen LogP contribution >= 0.6 is 11.3 Å². The first-order chi connectivity index (χ1) is 12.2. The summed E-state index contributed by atoms with van der Waals surface area (Å²) in [6, 6.07) is 5.21. The fraction of sp³-hybridized carbons (Fsp3) is 0.143. The molecule has 0 atom stereocenters. The number of furan rings is 1. The zero-order chi connectivity index (χ0) is 19.7. The predicted octanol–water partition coefficient (Wildman–Crippen LogP) is 4.26. The van der Waals surface area contributed by atoms with Crippen molar-refractivity contribution >= 4 is 29.2 Å². The average Bonchev–Trinajstić information content (AvgIpc) is 3.26. The molecule has 0 spiro atoms. The summed E-state index contributed by atoms with van der Waals surface area (Å²) in [5.41, 5.74) is 0. The SMILES string of the molecule is O=C(O)c1cccs1.O=C(OCCC(F)=C(F)F)c1ccc([N+](=O)[O-])o1. The van der Waals surface area contributed by atoms with Crippen LogP contribution in [0.5, 0.6) is 0 Å². The lowest BCUT2D eigenvalue weighted by Gasteiger charge is -2.00. The maximum absolute atomic E-state index is 12.3. The molecule has 0 aliphatic heterocycles. The van der Waals surface area contributed by atoms with Gasteiger partial charge in [0.15, 0.2) is 5.83 Å². The standard InChI is InChI=1S/C9H6F3NO5.C5H4O2S/c10-5(8(11)12)3-4-17-9(14)6-1-2-7(18-6)13(15)16;6-5(7)4-2-1-3-8-4/h1-2H,3-4H2;1-3H,(H,6,7). The Morgan fingerprint density at radius 2 is 1.96 bits per heavy atom. The summed E-state index contributed by atoms with van der Waals surface area (Å²) in [7, 11) is 0. The van der Waals surface area contributed by atoms with E-state index in [2.05, 4.69) is 9.15 Å². The highest BCUT2D eigenvalue weighted by Crippen LogP contribution is 2.17. The van der Waals surface area contributed by atoms with E-state index in [4.69, 9.17) is 5.11 Å². The topological polar surface area (TPSA) is 120 Å². The number of carbonyl (C=O) groups excluding carboxylic acids is 1. The zero-order valence-corrected chi connectivity index (χ0v) is 13.5. The maximum atomic E-state index is 12.3.